The number of amides is 1. The Labute approximate surface area is 159 Å². The zero-order valence-electron chi connectivity index (χ0n) is 15.7. The molecule has 3 N–H and O–H groups in total. The van der Waals surface area contributed by atoms with E-state index in [1.165, 1.54) is 0 Å². The normalized spacial score (nSPS) is 25.3. The number of nitrogens with two attached hydrogens (primary N) is 1. The van der Waals surface area contributed by atoms with Crippen LogP contribution in [-0.4, -0.2) is 41.5 Å². The molecule has 150 valence electrons. The van der Waals surface area contributed by atoms with Gasteiger partial charge in [0, 0.05) is 31.8 Å². The lowest BCUT2D eigenvalue weighted by molar-refractivity contribution is -0.162. The van der Waals surface area contributed by atoms with E-state index in [2.05, 4.69) is 0 Å². The van der Waals surface area contributed by atoms with E-state index in [0.717, 1.165) is 25.7 Å². The van der Waals surface area contributed by atoms with Gasteiger partial charge in [0.1, 0.15) is 0 Å². The summed E-state index contributed by atoms with van der Waals surface area (Å²) in [5, 5.41) is 11.5. The van der Waals surface area contributed by atoms with Crippen LogP contribution in [0.3, 0.4) is 0 Å². The number of piperidine rings is 1. The topological polar surface area (TPSA) is 66.6 Å². The lowest BCUT2D eigenvalue weighted by Gasteiger charge is -2.40. The molecule has 6 heteroatoms. The van der Waals surface area contributed by atoms with Crippen LogP contribution < -0.4 is 5.73 Å². The highest BCUT2D eigenvalue weighted by Crippen LogP contribution is 2.48. The molecule has 4 nitrogen and oxygen atoms in total. The van der Waals surface area contributed by atoms with Crippen molar-refractivity contribution >= 4 is 5.91 Å². The van der Waals surface area contributed by atoms with Gasteiger partial charge in [-0.3, -0.25) is 4.79 Å². The minimum absolute atomic E-state index is 0.150. The molecular formula is C21H30F2N2O2. The molecule has 1 aromatic carbocycles. The fourth-order valence-corrected chi connectivity index (χ4v) is 4.60. The van der Waals surface area contributed by atoms with Crippen molar-refractivity contribution in [1.82, 2.24) is 4.90 Å². The molecule has 0 radical (unpaired) electrons. The third-order valence-corrected chi connectivity index (χ3v) is 6.25. The number of benzene rings is 1. The van der Waals surface area contributed by atoms with Crippen LogP contribution in [0.5, 0.6) is 0 Å². The van der Waals surface area contributed by atoms with Crippen LogP contribution in [0.15, 0.2) is 30.3 Å². The second kappa shape index (κ2) is 8.23. The largest absolute Gasteiger partial charge is 0.375 e. The highest BCUT2D eigenvalue weighted by atomic mass is 19.3. The second-order valence-electron chi connectivity index (χ2n) is 8.09. The molecule has 2 fully saturated rings. The third kappa shape index (κ3) is 4.32. The van der Waals surface area contributed by atoms with Crippen LogP contribution in [0.4, 0.5) is 8.78 Å². The SMILES string of the molecule is NCCCC1CCN(C(=O)[C@](O)(c2ccccc2)[C@@H]2CCC(F)(F)C2)CC1. The molecule has 1 saturated carbocycles. The summed E-state index contributed by atoms with van der Waals surface area (Å²) >= 11 is 0. The van der Waals surface area contributed by atoms with Crippen molar-refractivity contribution in [2.75, 3.05) is 19.6 Å². The number of nitrogens with zero attached hydrogens (tertiary/aromatic N) is 1. The molecule has 1 aliphatic carbocycles. The van der Waals surface area contributed by atoms with Gasteiger partial charge in [0.2, 0.25) is 5.92 Å². The molecule has 1 aliphatic heterocycles. The number of rotatable bonds is 6. The van der Waals surface area contributed by atoms with Gasteiger partial charge in [-0.2, -0.15) is 0 Å². The Morgan fingerprint density at radius 2 is 1.89 bits per heavy atom. The van der Waals surface area contributed by atoms with Gasteiger partial charge in [0.25, 0.3) is 5.91 Å². The van der Waals surface area contributed by atoms with Crippen LogP contribution in [-0.2, 0) is 10.4 Å². The second-order valence-corrected chi connectivity index (χ2v) is 8.09. The Morgan fingerprint density at radius 1 is 1.22 bits per heavy atom. The zero-order chi connectivity index (χ0) is 19.5. The summed E-state index contributed by atoms with van der Waals surface area (Å²) in [6, 6.07) is 8.60. The standard InChI is InChI=1S/C21H30F2N2O2/c22-20(23)11-8-18(15-20)21(27,17-6-2-1-3-7-17)19(26)25-13-9-16(10-14-25)5-4-12-24/h1-3,6-7,16,18,27H,4-5,8-15,24H2/t18-,21+/m1/s1. The molecule has 0 aromatic heterocycles. The summed E-state index contributed by atoms with van der Waals surface area (Å²) < 4.78 is 27.7. The van der Waals surface area contributed by atoms with Crippen LogP contribution >= 0.6 is 0 Å². The number of carbonyl (C=O) groups excluding carboxylic acids is 1. The first-order chi connectivity index (χ1) is 12.9. The predicted molar refractivity (Wildman–Crippen MR) is 100 cm³/mol. The molecule has 3 rings (SSSR count). The lowest BCUT2D eigenvalue weighted by atomic mass is 9.78. The summed E-state index contributed by atoms with van der Waals surface area (Å²) in [5.74, 6) is -3.47. The maximum atomic E-state index is 13.9. The summed E-state index contributed by atoms with van der Waals surface area (Å²) in [5.41, 5.74) is 4.11. The predicted octanol–water partition coefficient (Wildman–Crippen LogP) is 3.29. The van der Waals surface area contributed by atoms with E-state index in [0.29, 0.717) is 31.1 Å². The summed E-state index contributed by atoms with van der Waals surface area (Å²) in [4.78, 5) is 15.0. The first kappa shape index (κ1) is 20.2. The molecule has 1 heterocycles. The van der Waals surface area contributed by atoms with Gasteiger partial charge in [0.05, 0.1) is 0 Å². The number of hydrogen-bond acceptors (Lipinski definition) is 3. The first-order valence-electron chi connectivity index (χ1n) is 10.0. The van der Waals surface area contributed by atoms with E-state index in [1.807, 2.05) is 0 Å². The molecular weight excluding hydrogens is 350 g/mol. The van der Waals surface area contributed by atoms with Gasteiger partial charge in [0.15, 0.2) is 5.60 Å². The van der Waals surface area contributed by atoms with Crippen LogP contribution in [0.2, 0.25) is 0 Å². The van der Waals surface area contributed by atoms with Gasteiger partial charge in [-0.15, -0.1) is 0 Å². The van der Waals surface area contributed by atoms with Gasteiger partial charge >= 0.3 is 0 Å². The fourth-order valence-electron chi connectivity index (χ4n) is 4.60. The molecule has 0 bridgehead atoms. The van der Waals surface area contributed by atoms with Crippen molar-refractivity contribution in [1.29, 1.82) is 0 Å². The van der Waals surface area contributed by atoms with E-state index < -0.39 is 29.8 Å². The van der Waals surface area contributed by atoms with Crippen LogP contribution in [0.25, 0.3) is 0 Å². The molecule has 1 saturated heterocycles. The number of alkyl halides is 2. The molecule has 2 atom stereocenters. The Balaban J connectivity index is 1.79. The summed E-state index contributed by atoms with van der Waals surface area (Å²) in [6.45, 7) is 1.79. The minimum atomic E-state index is -2.82. The van der Waals surface area contributed by atoms with E-state index in [1.54, 1.807) is 35.2 Å². The average molecular weight is 380 g/mol. The van der Waals surface area contributed by atoms with Gasteiger partial charge < -0.3 is 15.7 Å². The fraction of sp³-hybridized carbons (Fsp3) is 0.667. The average Bonchev–Trinajstić information content (AvgIpc) is 3.06. The molecule has 1 aromatic rings. The Kier molecular flexibility index (Phi) is 6.16. The highest BCUT2D eigenvalue weighted by Gasteiger charge is 2.54. The molecule has 0 unspecified atom stereocenters. The van der Waals surface area contributed by atoms with Crippen molar-refractivity contribution in [3.05, 3.63) is 35.9 Å². The molecule has 1 amide bonds. The highest BCUT2D eigenvalue weighted by molar-refractivity contribution is 5.87. The molecule has 0 spiro atoms. The summed E-state index contributed by atoms with van der Waals surface area (Å²) in [6.07, 6.45) is 3.20. The quantitative estimate of drug-likeness (QED) is 0.796. The van der Waals surface area contributed by atoms with E-state index >= 15 is 0 Å². The number of aliphatic hydroxyl groups is 1. The van der Waals surface area contributed by atoms with Crippen LogP contribution in [0.1, 0.15) is 50.5 Å². The Hall–Kier alpha value is -1.53. The molecule has 2 aliphatic rings. The maximum Gasteiger partial charge on any atom is 0.259 e. The van der Waals surface area contributed by atoms with Crippen molar-refractivity contribution < 1.29 is 18.7 Å². The lowest BCUT2D eigenvalue weighted by Crippen LogP contribution is -2.53. The number of carbonyl (C=O) groups is 1. The number of likely N-dealkylation sites (tertiary alicyclic amines) is 1. The van der Waals surface area contributed by atoms with E-state index in [9.17, 15) is 18.7 Å². The monoisotopic (exact) mass is 380 g/mol. The third-order valence-electron chi connectivity index (χ3n) is 6.25. The van der Waals surface area contributed by atoms with Crippen molar-refractivity contribution in [2.45, 2.75) is 56.5 Å². The van der Waals surface area contributed by atoms with Crippen molar-refractivity contribution in [3.63, 3.8) is 0 Å². The van der Waals surface area contributed by atoms with Crippen molar-refractivity contribution in [3.8, 4) is 0 Å². The number of halogens is 2. The summed E-state index contributed by atoms with van der Waals surface area (Å²) in [7, 11) is 0. The number of hydrogen-bond donors (Lipinski definition) is 2. The molecule has 27 heavy (non-hydrogen) atoms. The maximum absolute atomic E-state index is 13.9. The van der Waals surface area contributed by atoms with Crippen LogP contribution in [0, 0.1) is 11.8 Å². The smallest absolute Gasteiger partial charge is 0.259 e. The van der Waals surface area contributed by atoms with Crippen molar-refractivity contribution in [2.24, 2.45) is 17.6 Å². The van der Waals surface area contributed by atoms with E-state index in [-0.39, 0.29) is 12.8 Å². The van der Waals surface area contributed by atoms with E-state index in [4.69, 9.17) is 5.73 Å². The first-order valence-corrected chi connectivity index (χ1v) is 10.0. The Bertz CT molecular complexity index is 632. The minimum Gasteiger partial charge on any atom is -0.375 e. The Morgan fingerprint density at radius 3 is 2.44 bits per heavy atom. The van der Waals surface area contributed by atoms with Gasteiger partial charge in [-0.25, -0.2) is 8.78 Å². The van der Waals surface area contributed by atoms with Gasteiger partial charge in [-0.05, 0) is 50.1 Å². The zero-order valence-corrected chi connectivity index (χ0v) is 15.7. The van der Waals surface area contributed by atoms with Gasteiger partial charge in [-0.1, -0.05) is 30.3 Å².